The molecule has 1 aliphatic rings. The number of fused-ring (bicyclic) bond motifs is 1. The van der Waals surface area contributed by atoms with E-state index in [1.165, 1.54) is 16.4 Å². The second kappa shape index (κ2) is 7.33. The Morgan fingerprint density at radius 3 is 2.62 bits per heavy atom. The van der Waals surface area contributed by atoms with E-state index in [2.05, 4.69) is 5.32 Å². The van der Waals surface area contributed by atoms with E-state index in [0.717, 1.165) is 11.8 Å². The number of rotatable bonds is 5. The van der Waals surface area contributed by atoms with Gasteiger partial charge in [0, 0.05) is 6.54 Å². The maximum absolute atomic E-state index is 12.9. The molecule has 0 aliphatic carbocycles. The number of hydrogen-bond donors (Lipinski definition) is 1. The van der Waals surface area contributed by atoms with E-state index in [9.17, 15) is 17.6 Å². The van der Waals surface area contributed by atoms with Crippen molar-refractivity contribution in [2.24, 2.45) is 0 Å². The van der Waals surface area contributed by atoms with Gasteiger partial charge in [0.05, 0.1) is 18.5 Å². The molecule has 26 heavy (non-hydrogen) atoms. The largest absolute Gasteiger partial charge is 0.476 e. The fraction of sp³-hybridized carbons (Fsp3) is 0.278. The Morgan fingerprint density at radius 1 is 1.23 bits per heavy atom. The van der Waals surface area contributed by atoms with Gasteiger partial charge in [-0.25, -0.2) is 12.8 Å². The summed E-state index contributed by atoms with van der Waals surface area (Å²) in [5.74, 6) is -0.356. The number of nitrogens with one attached hydrogen (secondary N) is 1. The van der Waals surface area contributed by atoms with E-state index >= 15 is 0 Å². The minimum atomic E-state index is -3.54. The van der Waals surface area contributed by atoms with E-state index in [1.807, 2.05) is 0 Å². The normalized spacial score (nSPS) is 16.5. The summed E-state index contributed by atoms with van der Waals surface area (Å²) in [6.07, 6.45) is 0.692. The third-order valence-corrected chi connectivity index (χ3v) is 5.20. The molecule has 0 saturated heterocycles. The Hall–Kier alpha value is -2.61. The zero-order chi connectivity index (χ0) is 18.7. The molecular formula is C18H19FN2O4S. The van der Waals surface area contributed by atoms with Crippen LogP contribution >= 0.6 is 0 Å². The highest BCUT2D eigenvalue weighted by Gasteiger charge is 2.34. The molecule has 0 unspecified atom stereocenters. The average Bonchev–Trinajstić information content (AvgIpc) is 2.61. The lowest BCUT2D eigenvalue weighted by Gasteiger charge is -2.33. The number of halogens is 1. The zero-order valence-electron chi connectivity index (χ0n) is 14.2. The molecule has 6 nitrogen and oxygen atoms in total. The number of benzene rings is 2. The Labute approximate surface area is 151 Å². The third kappa shape index (κ3) is 4.13. The first-order valence-electron chi connectivity index (χ1n) is 8.10. The van der Waals surface area contributed by atoms with E-state index in [4.69, 9.17) is 4.74 Å². The van der Waals surface area contributed by atoms with E-state index < -0.39 is 22.0 Å². The highest BCUT2D eigenvalue weighted by atomic mass is 32.2. The van der Waals surface area contributed by atoms with Crippen molar-refractivity contribution in [1.29, 1.82) is 0 Å². The predicted molar refractivity (Wildman–Crippen MR) is 96.2 cm³/mol. The van der Waals surface area contributed by atoms with E-state index in [0.29, 0.717) is 24.4 Å². The summed E-state index contributed by atoms with van der Waals surface area (Å²) in [5.41, 5.74) is 1.31. The summed E-state index contributed by atoms with van der Waals surface area (Å²) < 4.78 is 43.8. The SMILES string of the molecule is CS(=O)(=O)N1C[C@@H](C(=O)NCCc2ccc(F)cc2)Oc2ccccc21. The van der Waals surface area contributed by atoms with Crippen molar-refractivity contribution in [2.45, 2.75) is 12.5 Å². The quantitative estimate of drug-likeness (QED) is 0.860. The summed E-state index contributed by atoms with van der Waals surface area (Å²) in [6, 6.07) is 12.7. The first kappa shape index (κ1) is 18.2. The molecule has 2 aromatic carbocycles. The summed E-state index contributed by atoms with van der Waals surface area (Å²) in [4.78, 5) is 12.4. The van der Waals surface area contributed by atoms with Gasteiger partial charge in [0.1, 0.15) is 11.6 Å². The number of nitrogens with zero attached hydrogens (tertiary/aromatic N) is 1. The van der Waals surface area contributed by atoms with Crippen molar-refractivity contribution in [3.05, 3.63) is 59.9 Å². The van der Waals surface area contributed by atoms with Gasteiger partial charge >= 0.3 is 0 Å². The lowest BCUT2D eigenvalue weighted by Crippen LogP contribution is -2.50. The summed E-state index contributed by atoms with van der Waals surface area (Å²) in [5, 5.41) is 2.74. The van der Waals surface area contributed by atoms with Gasteiger partial charge in [0.15, 0.2) is 6.10 Å². The number of carbonyl (C=O) groups excluding carboxylic acids is 1. The molecular weight excluding hydrogens is 359 g/mol. The molecule has 3 rings (SSSR count). The molecule has 1 N–H and O–H groups in total. The van der Waals surface area contributed by atoms with E-state index in [1.54, 1.807) is 36.4 Å². The highest BCUT2D eigenvalue weighted by molar-refractivity contribution is 7.92. The van der Waals surface area contributed by atoms with Crippen molar-refractivity contribution in [1.82, 2.24) is 5.32 Å². The molecule has 1 atom stereocenters. The molecule has 138 valence electrons. The lowest BCUT2D eigenvalue weighted by molar-refractivity contribution is -0.127. The van der Waals surface area contributed by atoms with Crippen molar-refractivity contribution < 1.29 is 22.3 Å². The fourth-order valence-electron chi connectivity index (χ4n) is 2.75. The Morgan fingerprint density at radius 2 is 1.92 bits per heavy atom. The Bertz CT molecular complexity index is 900. The summed E-state index contributed by atoms with van der Waals surface area (Å²) >= 11 is 0. The number of carbonyl (C=O) groups is 1. The van der Waals surface area contributed by atoms with Crippen LogP contribution < -0.4 is 14.4 Å². The van der Waals surface area contributed by atoms with Crippen LogP contribution in [0.25, 0.3) is 0 Å². The van der Waals surface area contributed by atoms with Gasteiger partial charge in [0.25, 0.3) is 5.91 Å². The smallest absolute Gasteiger partial charge is 0.263 e. The zero-order valence-corrected chi connectivity index (χ0v) is 15.0. The molecule has 0 radical (unpaired) electrons. The van der Waals surface area contributed by atoms with E-state index in [-0.39, 0.29) is 12.4 Å². The number of sulfonamides is 1. The van der Waals surface area contributed by atoms with Gasteiger partial charge in [-0.1, -0.05) is 24.3 Å². The monoisotopic (exact) mass is 378 g/mol. The van der Waals surface area contributed by atoms with Gasteiger partial charge in [-0.3, -0.25) is 9.10 Å². The van der Waals surface area contributed by atoms with Gasteiger partial charge in [-0.2, -0.15) is 0 Å². The molecule has 1 aliphatic heterocycles. The van der Waals surface area contributed by atoms with Crippen LogP contribution in [0, 0.1) is 5.82 Å². The summed E-state index contributed by atoms with van der Waals surface area (Å²) in [7, 11) is -3.54. The van der Waals surface area contributed by atoms with Crippen molar-refractivity contribution in [2.75, 3.05) is 23.7 Å². The Kier molecular flexibility index (Phi) is 5.13. The molecule has 1 heterocycles. The fourth-order valence-corrected chi connectivity index (χ4v) is 3.66. The van der Waals surface area contributed by atoms with Crippen LogP contribution in [-0.2, 0) is 21.2 Å². The van der Waals surface area contributed by atoms with Crippen LogP contribution in [0.2, 0.25) is 0 Å². The van der Waals surface area contributed by atoms with Crippen LogP contribution in [0.4, 0.5) is 10.1 Å². The van der Waals surface area contributed by atoms with Crippen molar-refractivity contribution >= 4 is 21.6 Å². The number of hydrogen-bond acceptors (Lipinski definition) is 4. The predicted octanol–water partition coefficient (Wildman–Crippen LogP) is 1.71. The van der Waals surface area contributed by atoms with Crippen LogP contribution in [-0.4, -0.2) is 39.8 Å². The van der Waals surface area contributed by atoms with Gasteiger partial charge in [-0.05, 0) is 36.2 Å². The molecule has 0 spiro atoms. The number of para-hydroxylation sites is 2. The third-order valence-electron chi connectivity index (χ3n) is 4.05. The molecule has 1 amide bonds. The molecule has 0 aromatic heterocycles. The van der Waals surface area contributed by atoms with Crippen molar-refractivity contribution in [3.63, 3.8) is 0 Å². The number of anilines is 1. The first-order valence-corrected chi connectivity index (χ1v) is 9.95. The molecule has 0 fully saturated rings. The minimum absolute atomic E-state index is 0.0851. The lowest BCUT2D eigenvalue weighted by atomic mass is 10.1. The van der Waals surface area contributed by atoms with Gasteiger partial charge < -0.3 is 10.1 Å². The van der Waals surface area contributed by atoms with Crippen LogP contribution in [0.15, 0.2) is 48.5 Å². The summed E-state index contributed by atoms with van der Waals surface area (Å²) in [6.45, 7) is 0.253. The van der Waals surface area contributed by atoms with Crippen molar-refractivity contribution in [3.8, 4) is 5.75 Å². The van der Waals surface area contributed by atoms with Gasteiger partial charge in [-0.15, -0.1) is 0 Å². The number of amides is 1. The number of ether oxygens (including phenoxy) is 1. The molecule has 0 saturated carbocycles. The average molecular weight is 378 g/mol. The minimum Gasteiger partial charge on any atom is -0.476 e. The highest BCUT2D eigenvalue weighted by Crippen LogP contribution is 2.34. The standard InChI is InChI=1S/C18H19FN2O4S/c1-26(23,24)21-12-17(25-16-5-3-2-4-15(16)21)18(22)20-11-10-13-6-8-14(19)9-7-13/h2-9,17H,10-12H2,1H3,(H,20,22)/t17-/m0/s1. The van der Waals surface area contributed by atoms with Crippen LogP contribution in [0.3, 0.4) is 0 Å². The Balaban J connectivity index is 1.65. The van der Waals surface area contributed by atoms with Crippen LogP contribution in [0.1, 0.15) is 5.56 Å². The maximum atomic E-state index is 12.9. The van der Waals surface area contributed by atoms with Crippen LogP contribution in [0.5, 0.6) is 5.75 Å². The second-order valence-electron chi connectivity index (χ2n) is 6.04. The molecule has 8 heteroatoms. The topological polar surface area (TPSA) is 75.7 Å². The first-order chi connectivity index (χ1) is 12.3. The maximum Gasteiger partial charge on any atom is 0.263 e. The molecule has 2 aromatic rings. The second-order valence-corrected chi connectivity index (χ2v) is 7.94. The van der Waals surface area contributed by atoms with Gasteiger partial charge in [0.2, 0.25) is 10.0 Å². The molecule has 0 bridgehead atoms.